The van der Waals surface area contributed by atoms with Crippen molar-refractivity contribution in [3.8, 4) is 11.6 Å². The summed E-state index contributed by atoms with van der Waals surface area (Å²) in [5, 5.41) is 1.90. The van der Waals surface area contributed by atoms with Crippen molar-refractivity contribution in [2.45, 2.75) is 32.6 Å². The number of benzene rings is 1. The fourth-order valence-corrected chi connectivity index (χ4v) is 3.39. The average molecular weight is 413 g/mol. The standard InChI is InChI=1S/C22H24N2O4S/c1-2-3-4-13-28-20-7-5-6-17(23-20)12-14-27-18-10-8-16(9-11-18)15-19-21(25)24-22(26)29-19/h5-11,15H,2-4,12-14H2,1H3,(H,24,25,26). The van der Waals surface area contributed by atoms with E-state index in [9.17, 15) is 9.59 Å². The zero-order valence-corrected chi connectivity index (χ0v) is 17.2. The molecule has 1 saturated heterocycles. The molecule has 0 radical (unpaired) electrons. The van der Waals surface area contributed by atoms with Crippen molar-refractivity contribution in [2.75, 3.05) is 13.2 Å². The molecule has 2 amide bonds. The molecule has 29 heavy (non-hydrogen) atoms. The molecule has 1 aliphatic rings. The second kappa shape index (κ2) is 10.7. The third-order valence-electron chi connectivity index (χ3n) is 4.23. The van der Waals surface area contributed by atoms with Crippen molar-refractivity contribution in [1.29, 1.82) is 0 Å². The smallest absolute Gasteiger partial charge is 0.290 e. The molecule has 0 atom stereocenters. The van der Waals surface area contributed by atoms with Crippen LogP contribution in [-0.2, 0) is 11.2 Å². The molecule has 0 aliphatic carbocycles. The third-order valence-corrected chi connectivity index (χ3v) is 5.04. The van der Waals surface area contributed by atoms with Crippen LogP contribution in [0.5, 0.6) is 11.6 Å². The van der Waals surface area contributed by atoms with Gasteiger partial charge in [-0.1, -0.05) is 38.0 Å². The predicted molar refractivity (Wildman–Crippen MR) is 114 cm³/mol. The predicted octanol–water partition coefficient (Wildman–Crippen LogP) is 4.60. The summed E-state index contributed by atoms with van der Waals surface area (Å²) >= 11 is 0.906. The average Bonchev–Trinajstić information content (AvgIpc) is 3.04. The Hall–Kier alpha value is -2.80. The van der Waals surface area contributed by atoms with Crippen LogP contribution in [0.3, 0.4) is 0 Å². The zero-order valence-electron chi connectivity index (χ0n) is 16.3. The summed E-state index contributed by atoms with van der Waals surface area (Å²) in [6, 6.07) is 13.2. The van der Waals surface area contributed by atoms with E-state index in [4.69, 9.17) is 9.47 Å². The largest absolute Gasteiger partial charge is 0.493 e. The maximum Gasteiger partial charge on any atom is 0.290 e. The van der Waals surface area contributed by atoms with Gasteiger partial charge in [0.25, 0.3) is 11.1 Å². The molecule has 2 heterocycles. The van der Waals surface area contributed by atoms with Crippen LogP contribution in [0.1, 0.15) is 37.4 Å². The van der Waals surface area contributed by atoms with Gasteiger partial charge in [0.15, 0.2) is 0 Å². The molecule has 1 aromatic carbocycles. The highest BCUT2D eigenvalue weighted by atomic mass is 32.2. The molecule has 1 N–H and O–H groups in total. The van der Waals surface area contributed by atoms with Crippen molar-refractivity contribution in [1.82, 2.24) is 10.3 Å². The van der Waals surface area contributed by atoms with Crippen LogP contribution in [0.2, 0.25) is 0 Å². The van der Waals surface area contributed by atoms with Gasteiger partial charge in [-0.25, -0.2) is 4.98 Å². The summed E-state index contributed by atoms with van der Waals surface area (Å²) in [4.78, 5) is 27.7. The molecule has 0 saturated carbocycles. The van der Waals surface area contributed by atoms with Gasteiger partial charge in [-0.05, 0) is 48.0 Å². The van der Waals surface area contributed by atoms with Crippen LogP contribution in [-0.4, -0.2) is 29.3 Å². The molecular weight excluding hydrogens is 388 g/mol. The molecule has 1 aliphatic heterocycles. The van der Waals surface area contributed by atoms with Gasteiger partial charge in [0.05, 0.1) is 18.1 Å². The summed E-state index contributed by atoms with van der Waals surface area (Å²) in [6.07, 6.45) is 5.73. The monoisotopic (exact) mass is 412 g/mol. The quantitative estimate of drug-likeness (QED) is 0.454. The SMILES string of the molecule is CCCCCOc1cccc(CCOc2ccc(C=C3SC(=O)NC3=O)cc2)n1. The fourth-order valence-electron chi connectivity index (χ4n) is 2.71. The van der Waals surface area contributed by atoms with E-state index in [2.05, 4.69) is 17.2 Å². The molecule has 2 aromatic rings. The van der Waals surface area contributed by atoms with Crippen LogP contribution in [0.15, 0.2) is 47.4 Å². The zero-order chi connectivity index (χ0) is 20.5. The molecule has 0 bridgehead atoms. The minimum absolute atomic E-state index is 0.342. The van der Waals surface area contributed by atoms with E-state index in [1.165, 1.54) is 6.42 Å². The van der Waals surface area contributed by atoms with E-state index >= 15 is 0 Å². The number of thioether (sulfide) groups is 1. The van der Waals surface area contributed by atoms with E-state index in [1.807, 2.05) is 42.5 Å². The van der Waals surface area contributed by atoms with Crippen LogP contribution in [0.25, 0.3) is 6.08 Å². The number of hydrogen-bond donors (Lipinski definition) is 1. The summed E-state index contributed by atoms with van der Waals surface area (Å²) in [7, 11) is 0. The first-order valence-corrected chi connectivity index (χ1v) is 10.5. The van der Waals surface area contributed by atoms with E-state index in [0.29, 0.717) is 30.4 Å². The number of carbonyl (C=O) groups is 2. The number of nitrogens with one attached hydrogen (secondary N) is 1. The second-order valence-corrected chi connectivity index (χ2v) is 7.56. The molecule has 0 unspecified atom stereocenters. The van der Waals surface area contributed by atoms with Gasteiger partial charge >= 0.3 is 0 Å². The highest BCUT2D eigenvalue weighted by Crippen LogP contribution is 2.26. The molecule has 1 aromatic heterocycles. The number of carbonyl (C=O) groups excluding carboxylic acids is 2. The molecule has 152 valence electrons. The van der Waals surface area contributed by atoms with Crippen molar-refractivity contribution in [3.05, 3.63) is 58.6 Å². The summed E-state index contributed by atoms with van der Waals surface area (Å²) in [5.74, 6) is 1.03. The normalized spacial score (nSPS) is 14.9. The Morgan fingerprint density at radius 1 is 1.03 bits per heavy atom. The van der Waals surface area contributed by atoms with E-state index in [0.717, 1.165) is 41.6 Å². The Bertz CT molecular complexity index is 881. The topological polar surface area (TPSA) is 77.5 Å². The first-order valence-electron chi connectivity index (χ1n) is 9.70. The fraction of sp³-hybridized carbons (Fsp3) is 0.318. The number of hydrogen-bond acceptors (Lipinski definition) is 6. The van der Waals surface area contributed by atoms with Crippen molar-refractivity contribution in [2.24, 2.45) is 0 Å². The second-order valence-electron chi connectivity index (χ2n) is 6.54. The van der Waals surface area contributed by atoms with E-state index in [1.54, 1.807) is 6.08 Å². The number of imide groups is 1. The molecule has 1 fully saturated rings. The summed E-state index contributed by atoms with van der Waals surface area (Å²) in [6.45, 7) is 3.36. The number of amides is 2. The van der Waals surface area contributed by atoms with Gasteiger partial charge in [0.2, 0.25) is 5.88 Å². The third kappa shape index (κ3) is 6.64. The maximum absolute atomic E-state index is 11.6. The highest BCUT2D eigenvalue weighted by Gasteiger charge is 2.24. The van der Waals surface area contributed by atoms with Crippen molar-refractivity contribution < 1.29 is 19.1 Å². The number of nitrogens with zero attached hydrogens (tertiary/aromatic N) is 1. The molecule has 6 nitrogen and oxygen atoms in total. The van der Waals surface area contributed by atoms with E-state index in [-0.39, 0.29) is 11.1 Å². The first-order chi connectivity index (χ1) is 14.1. The summed E-state index contributed by atoms with van der Waals surface area (Å²) < 4.78 is 11.5. The molecule has 0 spiro atoms. The Balaban J connectivity index is 1.46. The van der Waals surface area contributed by atoms with Crippen LogP contribution >= 0.6 is 11.8 Å². The summed E-state index contributed by atoms with van der Waals surface area (Å²) in [5.41, 5.74) is 1.76. The Morgan fingerprint density at radius 3 is 2.59 bits per heavy atom. The van der Waals surface area contributed by atoms with Crippen molar-refractivity contribution >= 4 is 29.0 Å². The van der Waals surface area contributed by atoms with E-state index < -0.39 is 0 Å². The van der Waals surface area contributed by atoms with Gasteiger partial charge < -0.3 is 9.47 Å². The van der Waals surface area contributed by atoms with Gasteiger partial charge in [-0.2, -0.15) is 0 Å². The molecule has 3 rings (SSSR count). The van der Waals surface area contributed by atoms with Gasteiger partial charge in [-0.3, -0.25) is 14.9 Å². The lowest BCUT2D eigenvalue weighted by Crippen LogP contribution is -2.17. The Morgan fingerprint density at radius 2 is 1.86 bits per heavy atom. The van der Waals surface area contributed by atoms with Gasteiger partial charge in [-0.15, -0.1) is 0 Å². The molecule has 7 heteroatoms. The number of ether oxygens (including phenoxy) is 2. The van der Waals surface area contributed by atoms with Gasteiger partial charge in [0, 0.05) is 18.2 Å². The lowest BCUT2D eigenvalue weighted by Gasteiger charge is -2.08. The number of rotatable bonds is 10. The van der Waals surface area contributed by atoms with Crippen LogP contribution < -0.4 is 14.8 Å². The number of pyridine rings is 1. The first kappa shape index (κ1) is 20.9. The minimum Gasteiger partial charge on any atom is -0.493 e. The lowest BCUT2D eigenvalue weighted by molar-refractivity contribution is -0.115. The molecular formula is C22H24N2O4S. The number of unbranched alkanes of at least 4 members (excludes halogenated alkanes) is 2. The Kier molecular flexibility index (Phi) is 7.69. The minimum atomic E-state index is -0.357. The number of aromatic nitrogens is 1. The van der Waals surface area contributed by atoms with Crippen LogP contribution in [0, 0.1) is 0 Å². The Labute approximate surface area is 174 Å². The van der Waals surface area contributed by atoms with Gasteiger partial charge in [0.1, 0.15) is 5.75 Å². The lowest BCUT2D eigenvalue weighted by atomic mass is 10.2. The van der Waals surface area contributed by atoms with Crippen LogP contribution in [0.4, 0.5) is 4.79 Å². The highest BCUT2D eigenvalue weighted by molar-refractivity contribution is 8.18. The maximum atomic E-state index is 11.6. The van der Waals surface area contributed by atoms with Crippen molar-refractivity contribution in [3.63, 3.8) is 0 Å².